The maximum atomic E-state index is 13.1. The van der Waals surface area contributed by atoms with Gasteiger partial charge in [0.15, 0.2) is 0 Å². The molecular weight excluding hydrogens is 501 g/mol. The van der Waals surface area contributed by atoms with Gasteiger partial charge in [-0.25, -0.2) is 13.1 Å². The molecule has 0 amide bonds. The summed E-state index contributed by atoms with van der Waals surface area (Å²) in [6.45, 7) is 2.66. The Balaban J connectivity index is 1.61. The normalized spacial score (nSPS) is 16.0. The van der Waals surface area contributed by atoms with Crippen LogP contribution in [-0.2, 0) is 16.2 Å². The van der Waals surface area contributed by atoms with Gasteiger partial charge in [0.2, 0.25) is 10.0 Å². The van der Waals surface area contributed by atoms with Crippen molar-refractivity contribution in [2.75, 3.05) is 13.1 Å². The molecule has 2 heterocycles. The number of hydrogen-bond acceptors (Lipinski definition) is 4. The van der Waals surface area contributed by atoms with Crippen molar-refractivity contribution in [1.82, 2.24) is 14.1 Å². The lowest BCUT2D eigenvalue weighted by Crippen LogP contribution is -2.31. The van der Waals surface area contributed by atoms with Crippen molar-refractivity contribution in [3.63, 3.8) is 0 Å². The Morgan fingerprint density at radius 2 is 1.71 bits per heavy atom. The van der Waals surface area contributed by atoms with Crippen LogP contribution in [0.25, 0.3) is 5.69 Å². The first-order valence-electron chi connectivity index (χ1n) is 11.1. The molecule has 0 atom stereocenters. The minimum Gasteiger partial charge on any atom is -0.256 e. The molecule has 1 saturated heterocycles. The summed E-state index contributed by atoms with van der Waals surface area (Å²) in [5.41, 5.74) is 0.646. The zero-order valence-electron chi connectivity index (χ0n) is 19.0. The molecule has 4 rings (SSSR count). The number of rotatable bonds is 5. The van der Waals surface area contributed by atoms with Crippen LogP contribution in [0.4, 0.5) is 18.9 Å². The average molecular weight is 525 g/mol. The van der Waals surface area contributed by atoms with Gasteiger partial charge in [0.25, 0.3) is 0 Å². The van der Waals surface area contributed by atoms with Gasteiger partial charge in [-0.15, -0.1) is 0 Å². The number of benzene rings is 2. The molecule has 1 aliphatic rings. The van der Waals surface area contributed by atoms with E-state index in [0.29, 0.717) is 30.0 Å². The molecule has 1 fully saturated rings. The second kappa shape index (κ2) is 10.1. The van der Waals surface area contributed by atoms with Crippen LogP contribution in [-0.4, -0.2) is 41.8 Å². The van der Waals surface area contributed by atoms with Crippen LogP contribution in [0.5, 0.6) is 0 Å². The van der Waals surface area contributed by atoms with E-state index in [9.17, 15) is 21.6 Å². The van der Waals surface area contributed by atoms with E-state index in [2.05, 4.69) is 10.1 Å². The van der Waals surface area contributed by atoms with Crippen LogP contribution < -0.4 is 0 Å². The summed E-state index contributed by atoms with van der Waals surface area (Å²) in [5, 5.41) is 4.36. The highest BCUT2D eigenvalue weighted by Gasteiger charge is 2.31. The molecule has 1 aliphatic heterocycles. The fourth-order valence-corrected chi connectivity index (χ4v) is 5.82. The molecular formula is C24H24ClF3N4O2S. The second-order valence-corrected chi connectivity index (χ2v) is 10.6. The van der Waals surface area contributed by atoms with Crippen molar-refractivity contribution in [2.24, 2.45) is 4.99 Å². The lowest BCUT2D eigenvalue weighted by molar-refractivity contribution is -0.137. The molecule has 0 spiro atoms. The SMILES string of the molecule is Cc1nn(-c2cccc(C(F)(F)F)c2)c(Cl)c1C=Nc1cccc(S(=O)(=O)N2CCCCCC2)c1. The molecule has 0 unspecified atom stereocenters. The summed E-state index contributed by atoms with van der Waals surface area (Å²) in [5.74, 6) is 0. The van der Waals surface area contributed by atoms with Gasteiger partial charge in [0, 0.05) is 19.3 Å². The van der Waals surface area contributed by atoms with Crippen LogP contribution in [0, 0.1) is 6.92 Å². The van der Waals surface area contributed by atoms with Crippen molar-refractivity contribution < 1.29 is 21.6 Å². The van der Waals surface area contributed by atoms with Crippen molar-refractivity contribution in [1.29, 1.82) is 0 Å². The van der Waals surface area contributed by atoms with Gasteiger partial charge in [0.05, 0.1) is 33.1 Å². The Kier molecular flexibility index (Phi) is 7.35. The molecule has 3 aromatic rings. The molecule has 0 aliphatic carbocycles. The van der Waals surface area contributed by atoms with E-state index >= 15 is 0 Å². The molecule has 0 bridgehead atoms. The number of sulfonamides is 1. The predicted octanol–water partition coefficient (Wildman–Crippen LogP) is 6.17. The minimum atomic E-state index is -4.49. The lowest BCUT2D eigenvalue weighted by Gasteiger charge is -2.20. The third-order valence-electron chi connectivity index (χ3n) is 5.83. The Morgan fingerprint density at radius 1 is 1.03 bits per heavy atom. The van der Waals surface area contributed by atoms with E-state index in [1.54, 1.807) is 25.1 Å². The summed E-state index contributed by atoms with van der Waals surface area (Å²) in [7, 11) is -3.63. The number of aryl methyl sites for hydroxylation is 1. The number of nitrogens with zero attached hydrogens (tertiary/aromatic N) is 4. The number of aliphatic imine (C=N–C) groups is 1. The van der Waals surface area contributed by atoms with Crippen molar-refractivity contribution in [3.8, 4) is 5.69 Å². The smallest absolute Gasteiger partial charge is 0.256 e. The second-order valence-electron chi connectivity index (χ2n) is 8.32. The first kappa shape index (κ1) is 25.4. The van der Waals surface area contributed by atoms with E-state index < -0.39 is 21.8 Å². The lowest BCUT2D eigenvalue weighted by atomic mass is 10.2. The molecule has 0 saturated carbocycles. The Hall–Kier alpha value is -2.69. The summed E-state index contributed by atoms with van der Waals surface area (Å²) in [6, 6.07) is 11.0. The van der Waals surface area contributed by atoms with Gasteiger partial charge in [-0.2, -0.15) is 22.6 Å². The molecule has 186 valence electrons. The molecule has 0 radical (unpaired) electrons. The fourth-order valence-electron chi connectivity index (χ4n) is 3.94. The molecule has 35 heavy (non-hydrogen) atoms. The molecule has 1 aromatic heterocycles. The standard InChI is InChI=1S/C24H24ClF3N4O2S/c1-17-22(23(25)32(30-17)20-10-6-8-18(14-20)24(26,27)28)16-29-19-9-7-11-21(15-19)35(33,34)31-12-4-2-3-5-13-31/h6-11,14-16H,2-5,12-13H2,1H3. The molecule has 2 aromatic carbocycles. The highest BCUT2D eigenvalue weighted by molar-refractivity contribution is 7.89. The number of halogens is 4. The Bertz CT molecular complexity index is 1350. The highest BCUT2D eigenvalue weighted by atomic mass is 35.5. The van der Waals surface area contributed by atoms with Crippen molar-refractivity contribution >= 4 is 33.5 Å². The van der Waals surface area contributed by atoms with Gasteiger partial charge in [-0.3, -0.25) is 4.99 Å². The molecule has 6 nitrogen and oxygen atoms in total. The third kappa shape index (κ3) is 5.60. The van der Waals surface area contributed by atoms with E-state index in [1.165, 1.54) is 33.4 Å². The predicted molar refractivity (Wildman–Crippen MR) is 129 cm³/mol. The first-order chi connectivity index (χ1) is 16.6. The van der Waals surface area contributed by atoms with E-state index in [-0.39, 0.29) is 15.7 Å². The maximum absolute atomic E-state index is 13.1. The van der Waals surface area contributed by atoms with Gasteiger partial charge >= 0.3 is 6.18 Å². The minimum absolute atomic E-state index is 0.0962. The van der Waals surface area contributed by atoms with Crippen LogP contribution in [0.2, 0.25) is 5.15 Å². The first-order valence-corrected chi connectivity index (χ1v) is 13.0. The van der Waals surface area contributed by atoms with Gasteiger partial charge in [-0.05, 0) is 56.2 Å². The zero-order chi connectivity index (χ0) is 25.2. The summed E-state index contributed by atoms with van der Waals surface area (Å²) in [4.78, 5) is 4.54. The quantitative estimate of drug-likeness (QED) is 0.375. The summed E-state index contributed by atoms with van der Waals surface area (Å²) in [6.07, 6.45) is 0.658. The Labute approximate surface area is 207 Å². The van der Waals surface area contributed by atoms with Crippen molar-refractivity contribution in [2.45, 2.75) is 43.7 Å². The summed E-state index contributed by atoms with van der Waals surface area (Å²) < 4.78 is 68.2. The number of aromatic nitrogens is 2. The Morgan fingerprint density at radius 3 is 2.40 bits per heavy atom. The largest absolute Gasteiger partial charge is 0.416 e. The fraction of sp³-hybridized carbons (Fsp3) is 0.333. The van der Waals surface area contributed by atoms with E-state index in [4.69, 9.17) is 11.6 Å². The van der Waals surface area contributed by atoms with Crippen LogP contribution in [0.3, 0.4) is 0 Å². The average Bonchev–Trinajstić information content (AvgIpc) is 3.00. The monoisotopic (exact) mass is 524 g/mol. The molecule has 0 N–H and O–H groups in total. The van der Waals surface area contributed by atoms with Crippen LogP contribution in [0.15, 0.2) is 58.4 Å². The van der Waals surface area contributed by atoms with Crippen LogP contribution >= 0.6 is 11.6 Å². The van der Waals surface area contributed by atoms with Gasteiger partial charge in [-0.1, -0.05) is 36.6 Å². The zero-order valence-corrected chi connectivity index (χ0v) is 20.5. The van der Waals surface area contributed by atoms with Gasteiger partial charge in [0.1, 0.15) is 5.15 Å². The van der Waals surface area contributed by atoms with E-state index in [1.807, 2.05) is 0 Å². The van der Waals surface area contributed by atoms with Gasteiger partial charge < -0.3 is 0 Å². The van der Waals surface area contributed by atoms with Crippen molar-refractivity contribution in [3.05, 3.63) is 70.5 Å². The van der Waals surface area contributed by atoms with Crippen LogP contribution in [0.1, 0.15) is 42.5 Å². The number of alkyl halides is 3. The third-order valence-corrected chi connectivity index (χ3v) is 8.09. The summed E-state index contributed by atoms with van der Waals surface area (Å²) >= 11 is 6.44. The number of hydrogen-bond donors (Lipinski definition) is 0. The van der Waals surface area contributed by atoms with E-state index in [0.717, 1.165) is 37.8 Å². The maximum Gasteiger partial charge on any atom is 0.416 e. The highest BCUT2D eigenvalue weighted by Crippen LogP contribution is 2.32. The topological polar surface area (TPSA) is 67.6 Å². The molecule has 11 heteroatoms.